The van der Waals surface area contributed by atoms with E-state index in [0.29, 0.717) is 35.9 Å². The van der Waals surface area contributed by atoms with Crippen molar-refractivity contribution in [3.05, 3.63) is 28.8 Å². The van der Waals surface area contributed by atoms with Gasteiger partial charge >= 0.3 is 6.03 Å². The molecule has 1 aromatic rings. The summed E-state index contributed by atoms with van der Waals surface area (Å²) < 4.78 is 0. The molecular formula is C14H19ClN4O2. The molecule has 1 fully saturated rings. The van der Waals surface area contributed by atoms with Gasteiger partial charge in [0.2, 0.25) is 0 Å². The summed E-state index contributed by atoms with van der Waals surface area (Å²) in [6.07, 6.45) is 1.87. The van der Waals surface area contributed by atoms with Gasteiger partial charge in [0.25, 0.3) is 5.91 Å². The summed E-state index contributed by atoms with van der Waals surface area (Å²) in [6, 6.07) is 4.36. The summed E-state index contributed by atoms with van der Waals surface area (Å²) in [5, 5.41) is 2.97. The SMILES string of the molecule is NC(=O)NCC1CCCN(C(=O)c2ccc(N)c(Cl)c2)C1. The van der Waals surface area contributed by atoms with E-state index in [1.165, 1.54) is 0 Å². The Morgan fingerprint density at radius 2 is 2.19 bits per heavy atom. The van der Waals surface area contributed by atoms with E-state index in [4.69, 9.17) is 23.1 Å². The average molecular weight is 311 g/mol. The number of hydrogen-bond donors (Lipinski definition) is 3. The van der Waals surface area contributed by atoms with Gasteiger partial charge in [-0.15, -0.1) is 0 Å². The van der Waals surface area contributed by atoms with Crippen molar-refractivity contribution in [1.29, 1.82) is 0 Å². The van der Waals surface area contributed by atoms with E-state index < -0.39 is 6.03 Å². The van der Waals surface area contributed by atoms with Gasteiger partial charge in [-0.05, 0) is 37.0 Å². The fourth-order valence-corrected chi connectivity index (χ4v) is 2.68. The van der Waals surface area contributed by atoms with Crippen LogP contribution in [0.2, 0.25) is 5.02 Å². The first-order valence-corrected chi connectivity index (χ1v) is 7.22. The highest BCUT2D eigenvalue weighted by molar-refractivity contribution is 6.33. The van der Waals surface area contributed by atoms with Crippen molar-refractivity contribution >= 4 is 29.2 Å². The van der Waals surface area contributed by atoms with Gasteiger partial charge in [0.15, 0.2) is 0 Å². The molecule has 114 valence electrons. The molecule has 0 aliphatic carbocycles. The monoisotopic (exact) mass is 310 g/mol. The van der Waals surface area contributed by atoms with Crippen LogP contribution >= 0.6 is 11.6 Å². The molecule has 1 unspecified atom stereocenters. The minimum absolute atomic E-state index is 0.0688. The highest BCUT2D eigenvalue weighted by atomic mass is 35.5. The van der Waals surface area contributed by atoms with Crippen LogP contribution in [0.3, 0.4) is 0 Å². The highest BCUT2D eigenvalue weighted by Crippen LogP contribution is 2.23. The molecule has 0 radical (unpaired) electrons. The maximum absolute atomic E-state index is 12.5. The molecule has 1 aliphatic heterocycles. The second-order valence-electron chi connectivity index (χ2n) is 5.24. The summed E-state index contributed by atoms with van der Waals surface area (Å²) in [4.78, 5) is 25.0. The van der Waals surface area contributed by atoms with Crippen molar-refractivity contribution in [2.24, 2.45) is 11.7 Å². The van der Waals surface area contributed by atoms with Gasteiger partial charge in [-0.3, -0.25) is 4.79 Å². The predicted octanol–water partition coefficient (Wildman–Crippen LogP) is 1.44. The van der Waals surface area contributed by atoms with Crippen molar-refractivity contribution in [3.8, 4) is 0 Å². The van der Waals surface area contributed by atoms with E-state index in [1.807, 2.05) is 0 Å². The first-order chi connectivity index (χ1) is 9.97. The molecule has 1 aromatic carbocycles. The minimum atomic E-state index is -0.538. The number of nitrogens with two attached hydrogens (primary N) is 2. The lowest BCUT2D eigenvalue weighted by molar-refractivity contribution is 0.0675. The number of amides is 3. The standard InChI is InChI=1S/C14H19ClN4O2/c15-11-6-10(3-4-12(11)16)13(20)19-5-1-2-9(8-19)7-18-14(17)21/h3-4,6,9H,1-2,5,7-8,16H2,(H3,17,18,21). The Bertz CT molecular complexity index is 550. The summed E-state index contributed by atoms with van der Waals surface area (Å²) in [7, 11) is 0. The number of primary amides is 1. The molecule has 1 saturated heterocycles. The number of carbonyl (C=O) groups excluding carboxylic acids is 2. The number of likely N-dealkylation sites (tertiary alicyclic amines) is 1. The van der Waals surface area contributed by atoms with Gasteiger partial charge in [0, 0.05) is 25.2 Å². The molecule has 5 N–H and O–H groups in total. The summed E-state index contributed by atoms with van der Waals surface area (Å²) in [6.45, 7) is 1.79. The van der Waals surface area contributed by atoms with Gasteiger partial charge in [0.1, 0.15) is 0 Å². The van der Waals surface area contributed by atoms with Crippen LogP contribution in [-0.2, 0) is 0 Å². The number of nitrogens with zero attached hydrogens (tertiary/aromatic N) is 1. The van der Waals surface area contributed by atoms with Crippen molar-refractivity contribution in [1.82, 2.24) is 10.2 Å². The number of nitrogens with one attached hydrogen (secondary N) is 1. The Kier molecular flexibility index (Phi) is 4.90. The van der Waals surface area contributed by atoms with Crippen LogP contribution in [0.4, 0.5) is 10.5 Å². The number of carbonyl (C=O) groups is 2. The van der Waals surface area contributed by atoms with Crippen LogP contribution in [0.5, 0.6) is 0 Å². The molecule has 21 heavy (non-hydrogen) atoms. The van der Waals surface area contributed by atoms with Gasteiger partial charge in [-0.2, -0.15) is 0 Å². The molecular weight excluding hydrogens is 292 g/mol. The smallest absolute Gasteiger partial charge is 0.312 e. The van der Waals surface area contributed by atoms with E-state index in [-0.39, 0.29) is 11.8 Å². The van der Waals surface area contributed by atoms with Gasteiger partial charge < -0.3 is 21.7 Å². The van der Waals surface area contributed by atoms with E-state index in [2.05, 4.69) is 5.32 Å². The van der Waals surface area contributed by atoms with E-state index >= 15 is 0 Å². The molecule has 1 atom stereocenters. The van der Waals surface area contributed by atoms with E-state index in [1.54, 1.807) is 23.1 Å². The predicted molar refractivity (Wildman–Crippen MR) is 82.1 cm³/mol. The Balaban J connectivity index is 2.01. The lowest BCUT2D eigenvalue weighted by atomic mass is 9.97. The second-order valence-corrected chi connectivity index (χ2v) is 5.65. The van der Waals surface area contributed by atoms with Gasteiger partial charge in [-0.1, -0.05) is 11.6 Å². The second kappa shape index (κ2) is 6.67. The summed E-state index contributed by atoms with van der Waals surface area (Å²) >= 11 is 5.95. The maximum atomic E-state index is 12.5. The zero-order valence-corrected chi connectivity index (χ0v) is 12.4. The first kappa shape index (κ1) is 15.4. The molecule has 6 nitrogen and oxygen atoms in total. The molecule has 0 spiro atoms. The Labute approximate surface area is 128 Å². The Hall–Kier alpha value is -1.95. The molecule has 7 heteroatoms. The lowest BCUT2D eigenvalue weighted by Crippen LogP contribution is -2.44. The van der Waals surface area contributed by atoms with Crippen molar-refractivity contribution in [2.45, 2.75) is 12.8 Å². The number of benzene rings is 1. The van der Waals surface area contributed by atoms with Crippen molar-refractivity contribution in [3.63, 3.8) is 0 Å². The fourth-order valence-electron chi connectivity index (χ4n) is 2.50. The number of piperidine rings is 1. The summed E-state index contributed by atoms with van der Waals surface area (Å²) in [5.74, 6) is 0.153. The Morgan fingerprint density at radius 3 is 2.86 bits per heavy atom. The molecule has 0 aromatic heterocycles. The number of anilines is 1. The van der Waals surface area contributed by atoms with Crippen LogP contribution in [0.25, 0.3) is 0 Å². The fraction of sp³-hybridized carbons (Fsp3) is 0.429. The minimum Gasteiger partial charge on any atom is -0.398 e. The molecule has 0 saturated carbocycles. The van der Waals surface area contributed by atoms with Gasteiger partial charge in [0.05, 0.1) is 10.7 Å². The van der Waals surface area contributed by atoms with Crippen molar-refractivity contribution < 1.29 is 9.59 Å². The van der Waals surface area contributed by atoms with Crippen LogP contribution in [0, 0.1) is 5.92 Å². The zero-order valence-electron chi connectivity index (χ0n) is 11.6. The third-order valence-corrected chi connectivity index (χ3v) is 3.95. The normalized spacial score (nSPS) is 18.3. The average Bonchev–Trinajstić information content (AvgIpc) is 2.47. The van der Waals surface area contributed by atoms with Gasteiger partial charge in [-0.25, -0.2) is 4.79 Å². The Morgan fingerprint density at radius 1 is 1.43 bits per heavy atom. The van der Waals surface area contributed by atoms with Crippen LogP contribution in [-0.4, -0.2) is 36.5 Å². The van der Waals surface area contributed by atoms with Crippen LogP contribution in [0.15, 0.2) is 18.2 Å². The number of nitrogen functional groups attached to an aromatic ring is 1. The number of halogens is 1. The first-order valence-electron chi connectivity index (χ1n) is 6.85. The number of hydrogen-bond acceptors (Lipinski definition) is 3. The molecule has 1 heterocycles. The third kappa shape index (κ3) is 4.01. The largest absolute Gasteiger partial charge is 0.398 e. The molecule has 3 amide bonds. The zero-order chi connectivity index (χ0) is 15.4. The quantitative estimate of drug-likeness (QED) is 0.736. The van der Waals surface area contributed by atoms with E-state index in [9.17, 15) is 9.59 Å². The van der Waals surface area contributed by atoms with E-state index in [0.717, 1.165) is 12.8 Å². The molecule has 1 aliphatic rings. The number of rotatable bonds is 3. The third-order valence-electron chi connectivity index (χ3n) is 3.62. The van der Waals surface area contributed by atoms with Crippen molar-refractivity contribution in [2.75, 3.05) is 25.4 Å². The van der Waals surface area contributed by atoms with Crippen LogP contribution < -0.4 is 16.8 Å². The number of urea groups is 1. The molecule has 2 rings (SSSR count). The summed E-state index contributed by atoms with van der Waals surface area (Å²) in [5.41, 5.74) is 11.7. The maximum Gasteiger partial charge on any atom is 0.312 e. The highest BCUT2D eigenvalue weighted by Gasteiger charge is 2.24. The lowest BCUT2D eigenvalue weighted by Gasteiger charge is -2.32. The van der Waals surface area contributed by atoms with Crippen LogP contribution in [0.1, 0.15) is 23.2 Å². The molecule has 0 bridgehead atoms. The topological polar surface area (TPSA) is 101 Å².